The van der Waals surface area contributed by atoms with Crippen LogP contribution in [0.15, 0.2) is 18.2 Å². The van der Waals surface area contributed by atoms with E-state index in [1.165, 1.54) is 12.1 Å². The van der Waals surface area contributed by atoms with E-state index in [-0.39, 0.29) is 22.9 Å². The topological polar surface area (TPSA) is 88.2 Å². The Hall–Kier alpha value is -2.13. The highest BCUT2D eigenvalue weighted by Crippen LogP contribution is 2.31. The molecule has 6 heteroatoms. The number of nitro benzene ring substituents is 1. The second-order valence-electron chi connectivity index (χ2n) is 4.91. The van der Waals surface area contributed by atoms with Crippen LogP contribution in [0.5, 0.6) is 0 Å². The summed E-state index contributed by atoms with van der Waals surface area (Å²) in [5.74, 6) is 0. The van der Waals surface area contributed by atoms with Gasteiger partial charge in [0.1, 0.15) is 11.6 Å². The number of anilines is 1. The lowest BCUT2D eigenvalue weighted by atomic mass is 9.94. The Balaban J connectivity index is 2.30. The van der Waals surface area contributed by atoms with Gasteiger partial charge in [0.25, 0.3) is 5.69 Å². The number of benzene rings is 1. The molecule has 1 aliphatic rings. The van der Waals surface area contributed by atoms with Crippen molar-refractivity contribution in [3.8, 4) is 6.07 Å². The number of nitrogens with zero attached hydrogens (tertiary/aromatic N) is 2. The normalized spacial score (nSPS) is 25.8. The number of hydrogen-bond donors (Lipinski definition) is 1. The third-order valence-electron chi connectivity index (χ3n) is 3.63. The predicted octanol–water partition coefficient (Wildman–Crippen LogP) is 2.45. The molecule has 1 heterocycles. The Morgan fingerprint density at radius 1 is 1.63 bits per heavy atom. The molecular formula is C13H15N3O3. The minimum Gasteiger partial charge on any atom is -0.377 e. The van der Waals surface area contributed by atoms with Gasteiger partial charge < -0.3 is 10.1 Å². The highest BCUT2D eigenvalue weighted by molar-refractivity contribution is 5.60. The summed E-state index contributed by atoms with van der Waals surface area (Å²) < 4.78 is 5.51. The zero-order valence-corrected chi connectivity index (χ0v) is 10.8. The highest BCUT2D eigenvalue weighted by atomic mass is 16.6. The van der Waals surface area contributed by atoms with Crippen LogP contribution in [0.2, 0.25) is 0 Å². The molecule has 1 fully saturated rings. The van der Waals surface area contributed by atoms with Crippen molar-refractivity contribution in [3.63, 3.8) is 0 Å². The summed E-state index contributed by atoms with van der Waals surface area (Å²) in [6, 6.07) is 6.36. The first-order valence-electron chi connectivity index (χ1n) is 6.04. The fourth-order valence-electron chi connectivity index (χ4n) is 2.18. The van der Waals surface area contributed by atoms with E-state index < -0.39 is 4.92 Å². The van der Waals surface area contributed by atoms with E-state index >= 15 is 0 Å². The summed E-state index contributed by atoms with van der Waals surface area (Å²) in [5.41, 5.74) is 0.270. The molecule has 1 aliphatic heterocycles. The molecule has 2 unspecified atom stereocenters. The molecule has 19 heavy (non-hydrogen) atoms. The van der Waals surface area contributed by atoms with E-state index in [2.05, 4.69) is 5.32 Å². The van der Waals surface area contributed by atoms with Gasteiger partial charge in [-0.05, 0) is 32.4 Å². The van der Waals surface area contributed by atoms with Gasteiger partial charge in [-0.2, -0.15) is 5.26 Å². The minimum atomic E-state index is -0.541. The first-order valence-corrected chi connectivity index (χ1v) is 6.04. The summed E-state index contributed by atoms with van der Waals surface area (Å²) in [6.45, 7) is 4.66. The van der Waals surface area contributed by atoms with Crippen LogP contribution in [0.3, 0.4) is 0 Å². The molecule has 2 rings (SSSR count). The summed E-state index contributed by atoms with van der Waals surface area (Å²) >= 11 is 0. The van der Waals surface area contributed by atoms with Crippen molar-refractivity contribution >= 4 is 11.4 Å². The van der Waals surface area contributed by atoms with Crippen LogP contribution in [0.4, 0.5) is 11.4 Å². The molecular weight excluding hydrogens is 246 g/mol. The molecule has 1 aromatic carbocycles. The van der Waals surface area contributed by atoms with Crippen LogP contribution in [0.1, 0.15) is 25.8 Å². The lowest BCUT2D eigenvalue weighted by molar-refractivity contribution is -0.385. The fourth-order valence-corrected chi connectivity index (χ4v) is 2.18. The number of hydrogen-bond acceptors (Lipinski definition) is 5. The van der Waals surface area contributed by atoms with Crippen molar-refractivity contribution in [2.24, 2.45) is 0 Å². The molecule has 100 valence electrons. The van der Waals surface area contributed by atoms with Gasteiger partial charge in [-0.3, -0.25) is 10.1 Å². The van der Waals surface area contributed by atoms with E-state index in [4.69, 9.17) is 10.00 Å². The van der Waals surface area contributed by atoms with Gasteiger partial charge in [0, 0.05) is 18.4 Å². The molecule has 2 atom stereocenters. The summed E-state index contributed by atoms with van der Waals surface area (Å²) in [6.07, 6.45) is 0.865. The van der Waals surface area contributed by atoms with E-state index in [9.17, 15) is 10.1 Å². The van der Waals surface area contributed by atoms with Gasteiger partial charge in [0.15, 0.2) is 0 Å². The Bertz CT molecular complexity index is 553. The van der Waals surface area contributed by atoms with Gasteiger partial charge in [-0.1, -0.05) is 0 Å². The maximum Gasteiger partial charge on any atom is 0.289 e. The first-order chi connectivity index (χ1) is 8.96. The van der Waals surface area contributed by atoms with Gasteiger partial charge in [0.05, 0.1) is 16.6 Å². The van der Waals surface area contributed by atoms with Crippen LogP contribution < -0.4 is 5.32 Å². The summed E-state index contributed by atoms with van der Waals surface area (Å²) in [4.78, 5) is 10.4. The molecule has 0 spiro atoms. The zero-order chi connectivity index (χ0) is 14.0. The third-order valence-corrected chi connectivity index (χ3v) is 3.63. The summed E-state index contributed by atoms with van der Waals surface area (Å²) in [5, 5.41) is 23.0. The van der Waals surface area contributed by atoms with E-state index in [0.717, 1.165) is 6.42 Å². The maximum absolute atomic E-state index is 10.9. The zero-order valence-electron chi connectivity index (χ0n) is 10.8. The Morgan fingerprint density at radius 2 is 2.37 bits per heavy atom. The smallest absolute Gasteiger partial charge is 0.289 e. The second kappa shape index (κ2) is 4.86. The minimum absolute atomic E-state index is 0.0298. The molecule has 6 nitrogen and oxygen atoms in total. The number of rotatable bonds is 3. The van der Waals surface area contributed by atoms with Gasteiger partial charge >= 0.3 is 0 Å². The first kappa shape index (κ1) is 13.3. The molecule has 1 saturated heterocycles. The SMILES string of the molecule is CC1OCCC1(C)Nc1ccc(C#N)c([N+](=O)[O-])c1. The van der Waals surface area contributed by atoms with Crippen LogP contribution in [0, 0.1) is 21.4 Å². The van der Waals surface area contributed by atoms with Crippen LogP contribution in [0.25, 0.3) is 0 Å². The van der Waals surface area contributed by atoms with Crippen LogP contribution in [-0.2, 0) is 4.74 Å². The van der Waals surface area contributed by atoms with Gasteiger partial charge in [-0.15, -0.1) is 0 Å². The largest absolute Gasteiger partial charge is 0.377 e. The average molecular weight is 261 g/mol. The standard InChI is InChI=1S/C13H15N3O3/c1-9-13(2,5-6-19-9)15-11-4-3-10(8-14)12(7-11)16(17)18/h3-4,7,9,15H,5-6H2,1-2H3. The maximum atomic E-state index is 10.9. The molecule has 1 N–H and O–H groups in total. The van der Waals surface area contributed by atoms with Crippen LogP contribution >= 0.6 is 0 Å². The van der Waals surface area contributed by atoms with Crippen LogP contribution in [-0.4, -0.2) is 23.2 Å². The molecule has 0 aliphatic carbocycles. The molecule has 0 radical (unpaired) electrons. The highest BCUT2D eigenvalue weighted by Gasteiger charge is 2.37. The lowest BCUT2D eigenvalue weighted by Gasteiger charge is -2.30. The van der Waals surface area contributed by atoms with Crippen molar-refractivity contribution in [1.29, 1.82) is 5.26 Å². The van der Waals surface area contributed by atoms with Crippen molar-refractivity contribution in [2.75, 3.05) is 11.9 Å². The quantitative estimate of drug-likeness (QED) is 0.666. The molecule has 0 aromatic heterocycles. The fraction of sp³-hybridized carbons (Fsp3) is 0.462. The number of nitriles is 1. The van der Waals surface area contributed by atoms with Crippen molar-refractivity contribution in [3.05, 3.63) is 33.9 Å². The van der Waals surface area contributed by atoms with E-state index in [1.807, 2.05) is 19.9 Å². The Labute approximate surface area is 111 Å². The Morgan fingerprint density at radius 3 is 2.89 bits per heavy atom. The van der Waals surface area contributed by atoms with Gasteiger partial charge in [-0.25, -0.2) is 0 Å². The monoisotopic (exact) mass is 261 g/mol. The lowest BCUT2D eigenvalue weighted by Crippen LogP contribution is -2.41. The van der Waals surface area contributed by atoms with Crippen molar-refractivity contribution in [2.45, 2.75) is 31.9 Å². The molecule has 0 saturated carbocycles. The molecule has 0 bridgehead atoms. The number of nitro groups is 1. The van der Waals surface area contributed by atoms with Gasteiger partial charge in [0.2, 0.25) is 0 Å². The van der Waals surface area contributed by atoms with Crippen molar-refractivity contribution < 1.29 is 9.66 Å². The second-order valence-corrected chi connectivity index (χ2v) is 4.91. The van der Waals surface area contributed by atoms with Crippen molar-refractivity contribution in [1.82, 2.24) is 0 Å². The number of nitrogens with one attached hydrogen (secondary N) is 1. The average Bonchev–Trinajstić information content (AvgIpc) is 2.69. The molecule has 1 aromatic rings. The Kier molecular flexibility index (Phi) is 3.40. The number of ether oxygens (including phenoxy) is 1. The van der Waals surface area contributed by atoms with E-state index in [1.54, 1.807) is 6.07 Å². The third kappa shape index (κ3) is 2.51. The molecule has 0 amide bonds. The van der Waals surface area contributed by atoms with E-state index in [0.29, 0.717) is 12.3 Å². The summed E-state index contributed by atoms with van der Waals surface area (Å²) in [7, 11) is 0. The predicted molar refractivity (Wildman–Crippen MR) is 69.9 cm³/mol.